The summed E-state index contributed by atoms with van der Waals surface area (Å²) in [7, 11) is 0. The van der Waals surface area contributed by atoms with Crippen molar-refractivity contribution in [3.05, 3.63) is 30.4 Å². The average molecular weight is 457 g/mol. The predicted octanol–water partition coefficient (Wildman–Crippen LogP) is 0.507. The Kier molecular flexibility index (Phi) is 5.12. The number of hydrogen-bond donors (Lipinski definition) is 1. The smallest absolute Gasteiger partial charge is 0.309 e. The van der Waals surface area contributed by atoms with Crippen LogP contribution in [0.1, 0.15) is 42.7 Å². The summed E-state index contributed by atoms with van der Waals surface area (Å²) < 4.78 is 3.01. The zero-order valence-corrected chi connectivity index (χ0v) is 14.7. The summed E-state index contributed by atoms with van der Waals surface area (Å²) in [6, 6.07) is 4.80. The van der Waals surface area contributed by atoms with Crippen molar-refractivity contribution >= 4 is 22.6 Å². The van der Waals surface area contributed by atoms with Crippen LogP contribution in [-0.4, -0.2) is 16.1 Å². The molecule has 1 nitrogen and oxygen atoms in total. The molecule has 94 valence electrons. The largest absolute Gasteiger partial charge is 0.393 e. The lowest BCUT2D eigenvalue weighted by Crippen LogP contribution is -3.60. The van der Waals surface area contributed by atoms with Gasteiger partial charge in [-0.15, -0.1) is 0 Å². The van der Waals surface area contributed by atoms with Crippen molar-refractivity contribution in [1.82, 2.24) is 0 Å². The van der Waals surface area contributed by atoms with Crippen LogP contribution in [0.5, 0.6) is 0 Å². The summed E-state index contributed by atoms with van der Waals surface area (Å²) in [6.07, 6.45) is 4.22. The van der Waals surface area contributed by atoms with E-state index in [1.54, 1.807) is 3.57 Å². The van der Waals surface area contributed by atoms with Gasteiger partial charge < -0.3 is 5.11 Å². The van der Waals surface area contributed by atoms with E-state index >= 15 is 0 Å². The van der Waals surface area contributed by atoms with E-state index in [0.717, 1.165) is 25.7 Å². The molecular weight excluding hydrogens is 438 g/mol. The fourth-order valence-corrected chi connectivity index (χ4v) is 5.44. The molecule has 0 unspecified atom stereocenters. The number of alkyl halides is 1. The van der Waals surface area contributed by atoms with E-state index in [9.17, 15) is 5.11 Å². The minimum Gasteiger partial charge on any atom is -0.393 e. The summed E-state index contributed by atoms with van der Waals surface area (Å²) in [6.45, 7) is 2.24. The lowest BCUT2D eigenvalue weighted by molar-refractivity contribution is -0.598. The number of aliphatic hydroxyl groups excluding tert-OH is 1. The van der Waals surface area contributed by atoms with Crippen molar-refractivity contribution in [3.63, 3.8) is 0 Å². The van der Waals surface area contributed by atoms with E-state index in [4.69, 9.17) is 0 Å². The summed E-state index contributed by atoms with van der Waals surface area (Å²) >= 11 is 2.64. The van der Waals surface area contributed by atoms with E-state index in [0.29, 0.717) is 5.92 Å². The first kappa shape index (κ1) is 14.1. The van der Waals surface area contributed by atoms with Gasteiger partial charge in [-0.3, -0.25) is 0 Å². The minimum atomic E-state index is -0.0474. The molecule has 0 saturated heterocycles. The molecule has 1 aromatic carbocycles. The highest BCUT2D eigenvalue weighted by atomic mass is 127. The van der Waals surface area contributed by atoms with Crippen molar-refractivity contribution in [3.8, 4) is 0 Å². The summed E-state index contributed by atoms with van der Waals surface area (Å²) in [5.74, 6) is 0.682. The molecule has 0 spiro atoms. The number of rotatable bonds is 2. The van der Waals surface area contributed by atoms with Crippen molar-refractivity contribution in [2.75, 3.05) is 4.93 Å². The molecular formula is C14H19I2O+. The van der Waals surface area contributed by atoms with Gasteiger partial charge >= 0.3 is 21.2 Å². The maximum Gasteiger partial charge on any atom is 0.309 e. The van der Waals surface area contributed by atoms with Crippen LogP contribution in [0.2, 0.25) is 0 Å². The Hall–Kier alpha value is 0.640. The van der Waals surface area contributed by atoms with Gasteiger partial charge in [-0.2, -0.15) is 0 Å². The highest BCUT2D eigenvalue weighted by molar-refractivity contribution is 14.1. The van der Waals surface area contributed by atoms with Crippen molar-refractivity contribution in [2.45, 2.75) is 44.6 Å². The third kappa shape index (κ3) is 3.35. The van der Waals surface area contributed by atoms with Gasteiger partial charge in [0.25, 0.3) is 0 Å². The topological polar surface area (TPSA) is 20.2 Å². The lowest BCUT2D eigenvalue weighted by atomic mass is 9.83. The average Bonchev–Trinajstić information content (AvgIpc) is 2.33. The Morgan fingerprint density at radius 2 is 1.88 bits per heavy atom. The van der Waals surface area contributed by atoms with Gasteiger partial charge in [-0.1, -0.05) is 0 Å². The molecule has 0 radical (unpaired) electrons. The molecule has 1 aliphatic rings. The third-order valence-electron chi connectivity index (χ3n) is 3.67. The summed E-state index contributed by atoms with van der Waals surface area (Å²) in [4.78, 5) is 2.34. The normalized spacial score (nSPS) is 24.9. The first-order valence-corrected chi connectivity index (χ1v) is 10.4. The molecule has 1 fully saturated rings. The molecule has 1 aliphatic carbocycles. The van der Waals surface area contributed by atoms with Gasteiger partial charge in [-0.05, 0) is 78.8 Å². The van der Waals surface area contributed by atoms with Gasteiger partial charge in [-0.25, -0.2) is 0 Å². The second-order valence-electron chi connectivity index (χ2n) is 4.80. The molecule has 3 heteroatoms. The van der Waals surface area contributed by atoms with Gasteiger partial charge in [0, 0.05) is 9.13 Å². The maximum atomic E-state index is 9.58. The van der Waals surface area contributed by atoms with Crippen LogP contribution in [0.25, 0.3) is 0 Å². The fourth-order valence-electron chi connectivity index (χ4n) is 2.51. The Morgan fingerprint density at radius 1 is 1.24 bits per heavy atom. The molecule has 1 N–H and O–H groups in total. The number of aliphatic hydroxyl groups is 1. The molecule has 0 amide bonds. The monoisotopic (exact) mass is 457 g/mol. The molecule has 0 bridgehead atoms. The van der Waals surface area contributed by atoms with Crippen molar-refractivity contribution in [1.29, 1.82) is 0 Å². The van der Waals surface area contributed by atoms with Crippen molar-refractivity contribution < 1.29 is 26.3 Å². The Balaban J connectivity index is 2.24. The van der Waals surface area contributed by atoms with Crippen LogP contribution in [0, 0.1) is 14.1 Å². The first-order chi connectivity index (χ1) is 8.11. The van der Waals surface area contributed by atoms with Crippen LogP contribution >= 0.6 is 22.6 Å². The first-order valence-electron chi connectivity index (χ1n) is 6.09. The molecule has 0 atom stereocenters. The van der Waals surface area contributed by atoms with Crippen LogP contribution in [0.4, 0.5) is 0 Å². The summed E-state index contributed by atoms with van der Waals surface area (Å²) in [5, 5.41) is 9.58. The Morgan fingerprint density at radius 3 is 2.47 bits per heavy atom. The van der Waals surface area contributed by atoms with Gasteiger partial charge in [0.1, 0.15) is 4.93 Å². The van der Waals surface area contributed by atoms with Crippen LogP contribution in [-0.2, 0) is 0 Å². The van der Waals surface area contributed by atoms with E-state index in [2.05, 4.69) is 46.6 Å². The fraction of sp³-hybridized carbons (Fsp3) is 0.571. The third-order valence-corrected chi connectivity index (χ3v) is 7.08. The minimum absolute atomic E-state index is 0.0474. The highest BCUT2D eigenvalue weighted by Gasteiger charge is 2.23. The van der Waals surface area contributed by atoms with Gasteiger partial charge in [0.15, 0.2) is 3.57 Å². The highest BCUT2D eigenvalue weighted by Crippen LogP contribution is 2.33. The van der Waals surface area contributed by atoms with Crippen LogP contribution in [0.15, 0.2) is 12.1 Å². The molecule has 1 aromatic rings. The number of halogens is 2. The second-order valence-corrected chi connectivity index (χ2v) is 8.21. The standard InChI is InChI=1S/C14H19I2O/c1-9-13(15)7-11(8-14(9)16-2)10-3-5-12(17)6-4-10/h7-8,10,12,17H,3-6H2,1-2H3/q+1. The SMILES string of the molecule is C[I+]c1cc(C2CCC(O)CC2)cc(I)c1C. The molecule has 0 heterocycles. The van der Waals surface area contributed by atoms with E-state index in [1.165, 1.54) is 14.7 Å². The van der Waals surface area contributed by atoms with E-state index in [-0.39, 0.29) is 27.3 Å². The predicted molar refractivity (Wildman–Crippen MR) is 75.7 cm³/mol. The quantitative estimate of drug-likeness (QED) is 0.507. The second kappa shape index (κ2) is 6.19. The maximum absolute atomic E-state index is 9.58. The molecule has 1 saturated carbocycles. The van der Waals surface area contributed by atoms with Crippen LogP contribution < -0.4 is 21.2 Å². The molecule has 2 rings (SSSR count). The zero-order chi connectivity index (χ0) is 12.4. The lowest BCUT2D eigenvalue weighted by Gasteiger charge is -2.25. The Bertz CT molecular complexity index is 395. The molecule has 17 heavy (non-hydrogen) atoms. The number of benzene rings is 1. The summed E-state index contributed by atoms with van der Waals surface area (Å²) in [5.41, 5.74) is 3.00. The van der Waals surface area contributed by atoms with E-state index in [1.807, 2.05) is 0 Å². The molecule has 0 aromatic heterocycles. The van der Waals surface area contributed by atoms with Crippen LogP contribution in [0.3, 0.4) is 0 Å². The van der Waals surface area contributed by atoms with E-state index < -0.39 is 0 Å². The number of hydrogen-bond acceptors (Lipinski definition) is 1. The van der Waals surface area contributed by atoms with Crippen molar-refractivity contribution in [2.24, 2.45) is 0 Å². The van der Waals surface area contributed by atoms with Gasteiger partial charge in [0.2, 0.25) is 0 Å². The zero-order valence-electron chi connectivity index (χ0n) is 10.3. The molecule has 0 aliphatic heterocycles. The Labute approximate surface area is 128 Å². The van der Waals surface area contributed by atoms with Gasteiger partial charge in [0.05, 0.1) is 6.10 Å².